The quantitative estimate of drug-likeness (QED) is 0.617. The lowest BCUT2D eigenvalue weighted by Gasteiger charge is -2.44. The maximum Gasteiger partial charge on any atom is 0.256 e. The highest BCUT2D eigenvalue weighted by molar-refractivity contribution is 5.99. The van der Waals surface area contributed by atoms with Crippen LogP contribution in [0.4, 0.5) is 0 Å². The normalized spacial score (nSPS) is 18.8. The van der Waals surface area contributed by atoms with Gasteiger partial charge in [0.05, 0.1) is 13.7 Å². The van der Waals surface area contributed by atoms with Crippen molar-refractivity contribution < 1.29 is 23.9 Å². The lowest BCUT2D eigenvalue weighted by atomic mass is 9.95. The van der Waals surface area contributed by atoms with Gasteiger partial charge in [-0.05, 0) is 57.4 Å². The summed E-state index contributed by atoms with van der Waals surface area (Å²) >= 11 is 0. The lowest BCUT2D eigenvalue weighted by molar-refractivity contribution is -0.128. The highest BCUT2D eigenvalue weighted by Crippen LogP contribution is 2.39. The molecule has 9 nitrogen and oxygen atoms in total. The van der Waals surface area contributed by atoms with Crippen LogP contribution in [0.2, 0.25) is 0 Å². The average Bonchev–Trinajstić information content (AvgIpc) is 3.26. The van der Waals surface area contributed by atoms with Gasteiger partial charge in [-0.1, -0.05) is 17.7 Å². The molecule has 2 fully saturated rings. The van der Waals surface area contributed by atoms with Gasteiger partial charge in [0, 0.05) is 50.1 Å². The third-order valence-electron chi connectivity index (χ3n) is 7.07. The first-order valence-corrected chi connectivity index (χ1v) is 12.6. The Hall–Kier alpha value is -3.43. The van der Waals surface area contributed by atoms with Gasteiger partial charge in [0.1, 0.15) is 17.5 Å². The Kier molecular flexibility index (Phi) is 8.14. The zero-order chi connectivity index (χ0) is 26.6. The van der Waals surface area contributed by atoms with E-state index in [-0.39, 0.29) is 24.3 Å². The third-order valence-corrected chi connectivity index (χ3v) is 7.07. The third kappa shape index (κ3) is 5.78. The van der Waals surface area contributed by atoms with Crippen molar-refractivity contribution in [3.05, 3.63) is 65.2 Å². The van der Waals surface area contributed by atoms with Crippen molar-refractivity contribution in [2.45, 2.75) is 31.5 Å². The molecule has 2 heterocycles. The van der Waals surface area contributed by atoms with E-state index in [0.717, 1.165) is 5.56 Å². The van der Waals surface area contributed by atoms with Crippen molar-refractivity contribution in [2.75, 3.05) is 54.0 Å². The van der Waals surface area contributed by atoms with E-state index < -0.39 is 11.8 Å². The summed E-state index contributed by atoms with van der Waals surface area (Å²) < 4.78 is 11.5. The Bertz CT molecular complexity index is 1130. The fourth-order valence-electron chi connectivity index (χ4n) is 4.98. The number of ether oxygens (including phenoxy) is 2. The molecule has 0 aromatic heterocycles. The first kappa shape index (κ1) is 26.6. The molecule has 198 valence electrons. The molecule has 2 aliphatic heterocycles. The van der Waals surface area contributed by atoms with Gasteiger partial charge >= 0.3 is 0 Å². The minimum atomic E-state index is -0.943. The molecule has 0 bridgehead atoms. The molecular formula is C28H36N4O5. The van der Waals surface area contributed by atoms with Crippen molar-refractivity contribution in [2.24, 2.45) is 0 Å². The van der Waals surface area contributed by atoms with Gasteiger partial charge in [-0.25, -0.2) is 0 Å². The number of methoxy groups -OCH3 is 1. The van der Waals surface area contributed by atoms with Gasteiger partial charge in [-0.3, -0.25) is 19.3 Å². The van der Waals surface area contributed by atoms with E-state index in [1.807, 2.05) is 44.1 Å². The standard InChI is InChI=1S/C28H36N4O5/c1-20-6-5-7-22(18-20)27(35)32-24(25(33)29-14-17-30(2)3)19-37-28(32)12-15-31(16-13-28)26(34)21-8-10-23(36-4)11-9-21/h5-11,18,24H,12-17,19H2,1-4H3,(H,29,33)/t24-/m0/s1. The molecule has 0 aliphatic carbocycles. The largest absolute Gasteiger partial charge is 0.497 e. The summed E-state index contributed by atoms with van der Waals surface area (Å²) in [5.74, 6) is 0.152. The van der Waals surface area contributed by atoms with Crippen molar-refractivity contribution >= 4 is 17.7 Å². The van der Waals surface area contributed by atoms with E-state index in [9.17, 15) is 14.4 Å². The summed E-state index contributed by atoms with van der Waals surface area (Å²) in [5.41, 5.74) is 1.12. The van der Waals surface area contributed by atoms with E-state index in [1.54, 1.807) is 47.2 Å². The maximum absolute atomic E-state index is 13.8. The lowest BCUT2D eigenvalue weighted by Crippen LogP contribution is -2.60. The van der Waals surface area contributed by atoms with Crippen LogP contribution in [0.1, 0.15) is 39.1 Å². The van der Waals surface area contributed by atoms with E-state index >= 15 is 0 Å². The molecule has 2 aromatic rings. The minimum Gasteiger partial charge on any atom is -0.497 e. The van der Waals surface area contributed by atoms with Crippen LogP contribution in [0.3, 0.4) is 0 Å². The van der Waals surface area contributed by atoms with Crippen LogP contribution < -0.4 is 10.1 Å². The molecule has 1 N–H and O–H groups in total. The number of likely N-dealkylation sites (N-methyl/N-ethyl adjacent to an activating group) is 1. The molecule has 1 atom stereocenters. The zero-order valence-corrected chi connectivity index (χ0v) is 22.0. The summed E-state index contributed by atoms with van der Waals surface area (Å²) in [6.45, 7) is 4.05. The van der Waals surface area contributed by atoms with Gasteiger partial charge in [-0.15, -0.1) is 0 Å². The number of nitrogens with one attached hydrogen (secondary N) is 1. The number of amides is 3. The molecule has 2 aliphatic rings. The van der Waals surface area contributed by atoms with Crippen LogP contribution in [-0.4, -0.2) is 98.2 Å². The van der Waals surface area contributed by atoms with Crippen LogP contribution in [0, 0.1) is 6.92 Å². The molecule has 0 radical (unpaired) electrons. The Morgan fingerprint density at radius 1 is 1.05 bits per heavy atom. The van der Waals surface area contributed by atoms with Gasteiger partial charge < -0.3 is 24.6 Å². The number of piperidine rings is 1. The van der Waals surface area contributed by atoms with Gasteiger partial charge in [0.2, 0.25) is 5.91 Å². The molecule has 37 heavy (non-hydrogen) atoms. The van der Waals surface area contributed by atoms with Crippen molar-refractivity contribution in [3.63, 3.8) is 0 Å². The number of hydrogen-bond acceptors (Lipinski definition) is 6. The number of rotatable bonds is 7. The number of aryl methyl sites for hydroxylation is 1. The second-order valence-corrected chi connectivity index (χ2v) is 9.93. The van der Waals surface area contributed by atoms with Gasteiger partial charge in [0.15, 0.2) is 0 Å². The predicted octanol–water partition coefficient (Wildman–Crippen LogP) is 2.15. The van der Waals surface area contributed by atoms with E-state index in [2.05, 4.69) is 5.32 Å². The molecular weight excluding hydrogens is 472 g/mol. The second kappa shape index (κ2) is 11.3. The molecule has 0 saturated carbocycles. The van der Waals surface area contributed by atoms with Crippen LogP contribution in [-0.2, 0) is 9.53 Å². The minimum absolute atomic E-state index is 0.0787. The van der Waals surface area contributed by atoms with E-state index in [4.69, 9.17) is 9.47 Å². The first-order chi connectivity index (χ1) is 17.7. The fraction of sp³-hybridized carbons (Fsp3) is 0.464. The van der Waals surface area contributed by atoms with Crippen molar-refractivity contribution in [1.82, 2.24) is 20.0 Å². The van der Waals surface area contributed by atoms with Crippen LogP contribution in [0.15, 0.2) is 48.5 Å². The molecule has 2 aromatic carbocycles. The molecule has 3 amide bonds. The van der Waals surface area contributed by atoms with Crippen molar-refractivity contribution in [1.29, 1.82) is 0 Å². The highest BCUT2D eigenvalue weighted by Gasteiger charge is 2.54. The molecule has 2 saturated heterocycles. The second-order valence-electron chi connectivity index (χ2n) is 9.93. The Labute approximate surface area is 218 Å². The molecule has 0 unspecified atom stereocenters. The highest BCUT2D eigenvalue weighted by atomic mass is 16.5. The predicted molar refractivity (Wildman–Crippen MR) is 140 cm³/mol. The maximum atomic E-state index is 13.8. The number of likely N-dealkylation sites (tertiary alicyclic amines) is 1. The van der Waals surface area contributed by atoms with Crippen LogP contribution >= 0.6 is 0 Å². The SMILES string of the molecule is COc1ccc(C(=O)N2CCC3(CC2)OC[C@@H](C(=O)NCCN(C)C)N3C(=O)c2cccc(C)c2)cc1. The number of benzene rings is 2. The van der Waals surface area contributed by atoms with Crippen molar-refractivity contribution in [3.8, 4) is 5.75 Å². The monoisotopic (exact) mass is 508 g/mol. The van der Waals surface area contributed by atoms with E-state index in [0.29, 0.717) is 55.9 Å². The first-order valence-electron chi connectivity index (χ1n) is 12.6. The summed E-state index contributed by atoms with van der Waals surface area (Å²) in [6.07, 6.45) is 0.849. The number of hydrogen-bond donors (Lipinski definition) is 1. The number of carbonyl (C=O) groups excluding carboxylic acids is 3. The Morgan fingerprint density at radius 3 is 2.38 bits per heavy atom. The van der Waals surface area contributed by atoms with Crippen LogP contribution in [0.5, 0.6) is 5.75 Å². The number of nitrogens with zero attached hydrogens (tertiary/aromatic N) is 3. The van der Waals surface area contributed by atoms with Crippen LogP contribution in [0.25, 0.3) is 0 Å². The topological polar surface area (TPSA) is 91.4 Å². The fourth-order valence-corrected chi connectivity index (χ4v) is 4.98. The van der Waals surface area contributed by atoms with Gasteiger partial charge in [0.25, 0.3) is 11.8 Å². The van der Waals surface area contributed by atoms with Gasteiger partial charge in [-0.2, -0.15) is 0 Å². The zero-order valence-electron chi connectivity index (χ0n) is 22.0. The summed E-state index contributed by atoms with van der Waals surface area (Å²) in [6, 6.07) is 13.7. The summed E-state index contributed by atoms with van der Waals surface area (Å²) in [7, 11) is 5.46. The summed E-state index contributed by atoms with van der Waals surface area (Å²) in [5, 5.41) is 2.95. The average molecular weight is 509 g/mol. The van der Waals surface area contributed by atoms with E-state index in [1.165, 1.54) is 0 Å². The molecule has 1 spiro atoms. The molecule has 9 heteroatoms. The Morgan fingerprint density at radius 2 is 1.76 bits per heavy atom. The number of carbonyl (C=O) groups is 3. The molecule has 4 rings (SSSR count). The Balaban J connectivity index is 1.53. The smallest absolute Gasteiger partial charge is 0.256 e. The summed E-state index contributed by atoms with van der Waals surface area (Å²) in [4.78, 5) is 45.5.